The van der Waals surface area contributed by atoms with Crippen LogP contribution in [0.25, 0.3) is 0 Å². The summed E-state index contributed by atoms with van der Waals surface area (Å²) < 4.78 is 0. The molecule has 2 amide bonds. The van der Waals surface area contributed by atoms with Crippen LogP contribution in [0.1, 0.15) is 25.3 Å². The van der Waals surface area contributed by atoms with E-state index in [2.05, 4.69) is 17.6 Å². The van der Waals surface area contributed by atoms with E-state index in [4.69, 9.17) is 23.2 Å². The van der Waals surface area contributed by atoms with Crippen LogP contribution in [-0.4, -0.2) is 11.8 Å². The highest BCUT2D eigenvalue weighted by molar-refractivity contribution is 6.42. The predicted molar refractivity (Wildman–Crippen MR) is 101 cm³/mol. The average molecular weight is 377 g/mol. The van der Waals surface area contributed by atoms with Gasteiger partial charge in [0, 0.05) is 11.4 Å². The van der Waals surface area contributed by atoms with Crippen LogP contribution in [0.4, 0.5) is 11.4 Å². The maximum absolute atomic E-state index is 12.6. The van der Waals surface area contributed by atoms with Crippen LogP contribution in [0.2, 0.25) is 10.0 Å². The third kappa shape index (κ3) is 3.80. The number of carbonyl (C=O) groups excluding carboxylic acids is 2. The van der Waals surface area contributed by atoms with Crippen LogP contribution in [0.3, 0.4) is 0 Å². The Kier molecular flexibility index (Phi) is 5.02. The van der Waals surface area contributed by atoms with E-state index in [1.54, 1.807) is 18.2 Å². The lowest BCUT2D eigenvalue weighted by atomic mass is 10.0. The Morgan fingerprint density at radius 2 is 1.48 bits per heavy atom. The number of amides is 2. The normalized spacial score (nSPS) is 14.7. The molecule has 0 radical (unpaired) electrons. The fraction of sp³-hybridized carbons (Fsp3) is 0.263. The maximum atomic E-state index is 12.6. The second-order valence-electron chi connectivity index (χ2n) is 6.17. The zero-order valence-electron chi connectivity index (χ0n) is 13.7. The van der Waals surface area contributed by atoms with Crippen LogP contribution < -0.4 is 10.6 Å². The molecule has 0 spiro atoms. The molecule has 2 aromatic carbocycles. The third-order valence-electron chi connectivity index (χ3n) is 4.42. The van der Waals surface area contributed by atoms with Crippen molar-refractivity contribution in [3.8, 4) is 0 Å². The van der Waals surface area contributed by atoms with Crippen molar-refractivity contribution in [1.29, 1.82) is 0 Å². The molecule has 0 heterocycles. The fourth-order valence-electron chi connectivity index (χ4n) is 2.58. The highest BCUT2D eigenvalue weighted by atomic mass is 35.5. The molecule has 6 heteroatoms. The first-order chi connectivity index (χ1) is 11.9. The summed E-state index contributed by atoms with van der Waals surface area (Å²) in [5.74, 6) is -0.608. The molecular formula is C19H18Cl2N2O2. The number of carbonyl (C=O) groups is 2. The van der Waals surface area contributed by atoms with Crippen molar-refractivity contribution in [2.45, 2.75) is 26.2 Å². The van der Waals surface area contributed by atoms with Crippen LogP contribution in [0, 0.1) is 5.41 Å². The maximum Gasteiger partial charge on any atom is 0.240 e. The molecule has 1 fully saturated rings. The lowest BCUT2D eigenvalue weighted by Crippen LogP contribution is -2.35. The summed E-state index contributed by atoms with van der Waals surface area (Å²) in [4.78, 5) is 25.2. The summed E-state index contributed by atoms with van der Waals surface area (Å²) >= 11 is 11.8. The number of hydrogen-bond donors (Lipinski definition) is 2. The molecule has 1 aliphatic carbocycles. The van der Waals surface area contributed by atoms with Gasteiger partial charge in [-0.15, -0.1) is 0 Å². The van der Waals surface area contributed by atoms with Crippen LogP contribution in [0.5, 0.6) is 0 Å². The van der Waals surface area contributed by atoms with Gasteiger partial charge in [0.25, 0.3) is 0 Å². The highest BCUT2D eigenvalue weighted by Crippen LogP contribution is 2.47. The topological polar surface area (TPSA) is 58.2 Å². The molecule has 0 aliphatic heterocycles. The van der Waals surface area contributed by atoms with Gasteiger partial charge in [-0.25, -0.2) is 0 Å². The molecule has 1 aliphatic rings. The summed E-state index contributed by atoms with van der Waals surface area (Å²) in [6.45, 7) is 2.07. The van der Waals surface area contributed by atoms with Gasteiger partial charge in [-0.2, -0.15) is 0 Å². The van der Waals surface area contributed by atoms with Crippen LogP contribution >= 0.6 is 23.2 Å². The molecule has 2 N–H and O–H groups in total. The monoisotopic (exact) mass is 376 g/mol. The minimum absolute atomic E-state index is 0.283. The van der Waals surface area contributed by atoms with Crippen molar-refractivity contribution in [3.05, 3.63) is 58.1 Å². The molecule has 4 nitrogen and oxygen atoms in total. The molecule has 130 valence electrons. The van der Waals surface area contributed by atoms with Crippen molar-refractivity contribution in [2.75, 3.05) is 10.6 Å². The largest absolute Gasteiger partial charge is 0.325 e. The summed E-state index contributed by atoms with van der Waals surface area (Å²) in [5.41, 5.74) is 1.38. The zero-order valence-corrected chi connectivity index (χ0v) is 15.2. The summed E-state index contributed by atoms with van der Waals surface area (Å²) in [6, 6.07) is 12.5. The number of anilines is 2. The molecule has 0 bridgehead atoms. The van der Waals surface area contributed by atoms with Gasteiger partial charge in [0.15, 0.2) is 0 Å². The Balaban J connectivity index is 1.68. The second-order valence-corrected chi connectivity index (χ2v) is 6.98. The Labute approximate surface area is 156 Å². The minimum Gasteiger partial charge on any atom is -0.325 e. The number of hydrogen-bond acceptors (Lipinski definition) is 2. The Morgan fingerprint density at radius 3 is 2.00 bits per heavy atom. The van der Waals surface area contributed by atoms with Gasteiger partial charge in [-0.1, -0.05) is 42.3 Å². The van der Waals surface area contributed by atoms with Crippen molar-refractivity contribution in [3.63, 3.8) is 0 Å². The van der Waals surface area contributed by atoms with E-state index in [1.165, 1.54) is 5.56 Å². The second kappa shape index (κ2) is 7.06. The first-order valence-electron chi connectivity index (χ1n) is 8.11. The van der Waals surface area contributed by atoms with Crippen molar-refractivity contribution in [2.24, 2.45) is 5.41 Å². The standard InChI is InChI=1S/C19H18Cl2N2O2/c1-2-12-3-5-13(6-4-12)22-17(24)19(9-10-19)18(25)23-14-7-8-15(20)16(21)11-14/h3-8,11H,2,9-10H2,1H3,(H,22,24)(H,23,25). The molecular weight excluding hydrogens is 359 g/mol. The zero-order chi connectivity index (χ0) is 18.0. The Bertz CT molecular complexity index is 815. The van der Waals surface area contributed by atoms with E-state index < -0.39 is 5.41 Å². The highest BCUT2D eigenvalue weighted by Gasteiger charge is 2.56. The number of benzene rings is 2. The van der Waals surface area contributed by atoms with E-state index in [0.29, 0.717) is 34.3 Å². The van der Waals surface area contributed by atoms with Crippen LogP contribution in [-0.2, 0) is 16.0 Å². The minimum atomic E-state index is -1.02. The van der Waals surface area contributed by atoms with Gasteiger partial charge in [0.2, 0.25) is 11.8 Å². The number of halogens is 2. The SMILES string of the molecule is CCc1ccc(NC(=O)C2(C(=O)Nc3ccc(Cl)c(Cl)c3)CC2)cc1. The first kappa shape index (κ1) is 17.8. The Morgan fingerprint density at radius 1 is 0.920 bits per heavy atom. The number of nitrogens with one attached hydrogen (secondary N) is 2. The molecule has 0 aromatic heterocycles. The lowest BCUT2D eigenvalue weighted by Gasteiger charge is -2.16. The van der Waals surface area contributed by atoms with Crippen molar-refractivity contribution < 1.29 is 9.59 Å². The quantitative estimate of drug-likeness (QED) is 0.728. The Hall–Kier alpha value is -2.04. The molecule has 0 atom stereocenters. The van der Waals surface area contributed by atoms with Gasteiger partial charge in [0.05, 0.1) is 10.0 Å². The van der Waals surface area contributed by atoms with Gasteiger partial charge in [0.1, 0.15) is 5.41 Å². The fourth-order valence-corrected chi connectivity index (χ4v) is 2.88. The number of rotatable bonds is 5. The molecule has 2 aromatic rings. The molecule has 3 rings (SSSR count). The van der Waals surface area contributed by atoms with Gasteiger partial charge < -0.3 is 10.6 Å². The molecule has 0 unspecified atom stereocenters. The molecule has 25 heavy (non-hydrogen) atoms. The van der Waals surface area contributed by atoms with Gasteiger partial charge >= 0.3 is 0 Å². The van der Waals surface area contributed by atoms with Gasteiger partial charge in [-0.3, -0.25) is 9.59 Å². The van der Waals surface area contributed by atoms with E-state index in [1.807, 2.05) is 24.3 Å². The van der Waals surface area contributed by atoms with Gasteiger partial charge in [-0.05, 0) is 55.2 Å². The van der Waals surface area contributed by atoms with E-state index >= 15 is 0 Å². The van der Waals surface area contributed by atoms with E-state index in [9.17, 15) is 9.59 Å². The van der Waals surface area contributed by atoms with E-state index in [0.717, 1.165) is 6.42 Å². The molecule has 0 saturated heterocycles. The van der Waals surface area contributed by atoms with Crippen molar-refractivity contribution >= 4 is 46.4 Å². The van der Waals surface area contributed by atoms with E-state index in [-0.39, 0.29) is 11.8 Å². The lowest BCUT2D eigenvalue weighted by molar-refractivity contribution is -0.131. The summed E-state index contributed by atoms with van der Waals surface area (Å²) in [6.07, 6.45) is 1.99. The van der Waals surface area contributed by atoms with Crippen molar-refractivity contribution in [1.82, 2.24) is 0 Å². The third-order valence-corrected chi connectivity index (χ3v) is 5.16. The predicted octanol–water partition coefficient (Wildman–Crippen LogP) is 4.91. The number of aryl methyl sites for hydroxylation is 1. The van der Waals surface area contributed by atoms with Crippen LogP contribution in [0.15, 0.2) is 42.5 Å². The average Bonchev–Trinajstić information content (AvgIpc) is 3.41. The molecule has 1 saturated carbocycles. The smallest absolute Gasteiger partial charge is 0.240 e. The summed E-state index contributed by atoms with van der Waals surface area (Å²) in [7, 11) is 0. The summed E-state index contributed by atoms with van der Waals surface area (Å²) in [5, 5.41) is 6.35. The first-order valence-corrected chi connectivity index (χ1v) is 8.87.